The summed E-state index contributed by atoms with van der Waals surface area (Å²) in [5.41, 5.74) is 0.803. The smallest absolute Gasteiger partial charge is 0.387 e. The highest BCUT2D eigenvalue weighted by Gasteiger charge is 2.19. The van der Waals surface area contributed by atoms with Crippen molar-refractivity contribution in [3.05, 3.63) is 47.8 Å². The second-order valence-corrected chi connectivity index (χ2v) is 4.52. The lowest BCUT2D eigenvalue weighted by atomic mass is 10.1. The first kappa shape index (κ1) is 15.0. The summed E-state index contributed by atoms with van der Waals surface area (Å²) in [7, 11) is 3.35. The minimum absolute atomic E-state index is 0.0937. The standard InChI is InChI=1S/C14H15F2N3O2/c1-18(9-10-7-8-19(2)17-10)13(20)11-5-3-4-6-12(11)21-14(15)16/h3-8,14H,9H2,1-2H3. The third-order valence-corrected chi connectivity index (χ3v) is 2.85. The van der Waals surface area contributed by atoms with Gasteiger partial charge in [0.15, 0.2) is 0 Å². The molecule has 1 amide bonds. The Bertz CT molecular complexity index is 628. The predicted molar refractivity (Wildman–Crippen MR) is 72.1 cm³/mol. The zero-order chi connectivity index (χ0) is 15.4. The molecule has 0 atom stereocenters. The van der Waals surface area contributed by atoms with Crippen molar-refractivity contribution < 1.29 is 18.3 Å². The van der Waals surface area contributed by atoms with Crippen molar-refractivity contribution in [1.82, 2.24) is 14.7 Å². The van der Waals surface area contributed by atoms with Crippen molar-refractivity contribution in [2.75, 3.05) is 7.05 Å². The van der Waals surface area contributed by atoms with Gasteiger partial charge in [-0.3, -0.25) is 9.48 Å². The number of aromatic nitrogens is 2. The van der Waals surface area contributed by atoms with E-state index in [2.05, 4.69) is 9.84 Å². The molecule has 0 aliphatic heterocycles. The van der Waals surface area contributed by atoms with E-state index >= 15 is 0 Å². The van der Waals surface area contributed by atoms with Crippen LogP contribution >= 0.6 is 0 Å². The summed E-state index contributed by atoms with van der Waals surface area (Å²) < 4.78 is 30.7. The lowest BCUT2D eigenvalue weighted by Crippen LogP contribution is -2.27. The van der Waals surface area contributed by atoms with Crippen LogP contribution in [0.25, 0.3) is 0 Å². The molecule has 2 rings (SSSR count). The second kappa shape index (κ2) is 6.34. The van der Waals surface area contributed by atoms with Crippen molar-refractivity contribution in [2.24, 2.45) is 7.05 Å². The maximum absolute atomic E-state index is 12.4. The van der Waals surface area contributed by atoms with Gasteiger partial charge in [0.2, 0.25) is 0 Å². The Kier molecular flexibility index (Phi) is 4.52. The molecular formula is C14H15F2N3O2. The fraction of sp³-hybridized carbons (Fsp3) is 0.286. The zero-order valence-corrected chi connectivity index (χ0v) is 11.7. The van der Waals surface area contributed by atoms with Crippen LogP contribution in [0.4, 0.5) is 8.78 Å². The van der Waals surface area contributed by atoms with Gasteiger partial charge in [-0.15, -0.1) is 0 Å². The van der Waals surface area contributed by atoms with E-state index in [1.54, 1.807) is 37.1 Å². The molecule has 21 heavy (non-hydrogen) atoms. The van der Waals surface area contributed by atoms with Gasteiger partial charge in [0.1, 0.15) is 5.75 Å². The van der Waals surface area contributed by atoms with Crippen LogP contribution in [-0.4, -0.2) is 34.2 Å². The van der Waals surface area contributed by atoms with Crippen LogP contribution in [0.1, 0.15) is 16.1 Å². The van der Waals surface area contributed by atoms with Gasteiger partial charge in [-0.2, -0.15) is 13.9 Å². The number of hydrogen-bond acceptors (Lipinski definition) is 3. The number of aryl methyl sites for hydroxylation is 1. The molecule has 7 heteroatoms. The van der Waals surface area contributed by atoms with E-state index in [1.807, 2.05) is 0 Å². The topological polar surface area (TPSA) is 47.4 Å². The minimum atomic E-state index is -2.97. The summed E-state index contributed by atoms with van der Waals surface area (Å²) in [6.07, 6.45) is 1.77. The van der Waals surface area contributed by atoms with Crippen molar-refractivity contribution in [3.63, 3.8) is 0 Å². The average molecular weight is 295 g/mol. The van der Waals surface area contributed by atoms with Gasteiger partial charge in [-0.1, -0.05) is 12.1 Å². The van der Waals surface area contributed by atoms with Crippen LogP contribution in [0.15, 0.2) is 36.5 Å². The molecule has 0 fully saturated rings. The van der Waals surface area contributed by atoms with Crippen LogP contribution in [0.5, 0.6) is 5.75 Å². The van der Waals surface area contributed by atoms with Gasteiger partial charge in [0.05, 0.1) is 17.8 Å². The summed E-state index contributed by atoms with van der Waals surface area (Å²) in [6.45, 7) is -2.69. The van der Waals surface area contributed by atoms with Crippen LogP contribution in [0, 0.1) is 0 Å². The molecule has 112 valence electrons. The molecule has 0 aliphatic carbocycles. The Morgan fingerprint density at radius 3 is 2.71 bits per heavy atom. The Morgan fingerprint density at radius 2 is 2.10 bits per heavy atom. The first-order chi connectivity index (χ1) is 9.97. The van der Waals surface area contributed by atoms with Crippen LogP contribution < -0.4 is 4.74 Å². The number of carbonyl (C=O) groups is 1. The lowest BCUT2D eigenvalue weighted by Gasteiger charge is -2.18. The second-order valence-electron chi connectivity index (χ2n) is 4.52. The van der Waals surface area contributed by atoms with Crippen molar-refractivity contribution in [3.8, 4) is 5.75 Å². The molecule has 1 aromatic heterocycles. The molecule has 0 spiro atoms. The Balaban J connectivity index is 2.15. The SMILES string of the molecule is CN(Cc1ccn(C)n1)C(=O)c1ccccc1OC(F)F. The van der Waals surface area contributed by atoms with Crippen molar-refractivity contribution in [2.45, 2.75) is 13.2 Å². The number of benzene rings is 1. The number of carbonyl (C=O) groups excluding carboxylic acids is 1. The fourth-order valence-corrected chi connectivity index (χ4v) is 1.91. The summed E-state index contributed by atoms with van der Waals surface area (Å²) in [5, 5.41) is 4.17. The monoisotopic (exact) mass is 295 g/mol. The van der Waals surface area contributed by atoms with E-state index in [0.29, 0.717) is 5.69 Å². The number of nitrogens with zero attached hydrogens (tertiary/aromatic N) is 3. The number of ether oxygens (including phenoxy) is 1. The molecule has 5 nitrogen and oxygen atoms in total. The average Bonchev–Trinajstić information content (AvgIpc) is 2.83. The minimum Gasteiger partial charge on any atom is -0.434 e. The summed E-state index contributed by atoms with van der Waals surface area (Å²) in [4.78, 5) is 13.7. The van der Waals surface area contributed by atoms with Crippen molar-refractivity contribution in [1.29, 1.82) is 0 Å². The van der Waals surface area contributed by atoms with Gasteiger partial charge in [-0.05, 0) is 18.2 Å². The van der Waals surface area contributed by atoms with E-state index in [0.717, 1.165) is 0 Å². The molecule has 0 N–H and O–H groups in total. The normalized spacial score (nSPS) is 10.7. The number of rotatable bonds is 5. The fourth-order valence-electron chi connectivity index (χ4n) is 1.91. The Morgan fingerprint density at radius 1 is 1.38 bits per heavy atom. The maximum Gasteiger partial charge on any atom is 0.387 e. The van der Waals surface area contributed by atoms with Crippen LogP contribution in [0.3, 0.4) is 0 Å². The highest BCUT2D eigenvalue weighted by Crippen LogP contribution is 2.22. The molecule has 0 saturated carbocycles. The molecule has 0 bridgehead atoms. The molecule has 0 aliphatic rings. The van der Waals surface area contributed by atoms with Gasteiger partial charge in [-0.25, -0.2) is 0 Å². The predicted octanol–water partition coefficient (Wildman–Crippen LogP) is 2.29. The molecule has 1 aromatic carbocycles. The number of amides is 1. The largest absolute Gasteiger partial charge is 0.434 e. The zero-order valence-electron chi connectivity index (χ0n) is 11.7. The van der Waals surface area contributed by atoms with E-state index in [9.17, 15) is 13.6 Å². The molecule has 2 aromatic rings. The quantitative estimate of drug-likeness (QED) is 0.850. The Labute approximate surface area is 120 Å². The maximum atomic E-state index is 12.4. The van der Waals surface area contributed by atoms with Gasteiger partial charge < -0.3 is 9.64 Å². The first-order valence-electron chi connectivity index (χ1n) is 6.25. The van der Waals surface area contributed by atoms with Gasteiger partial charge in [0.25, 0.3) is 5.91 Å². The van der Waals surface area contributed by atoms with Crippen LogP contribution in [0.2, 0.25) is 0 Å². The van der Waals surface area contributed by atoms with Gasteiger partial charge >= 0.3 is 6.61 Å². The van der Waals surface area contributed by atoms with E-state index in [1.165, 1.54) is 23.1 Å². The highest BCUT2D eigenvalue weighted by molar-refractivity contribution is 5.96. The number of halogens is 2. The third kappa shape index (κ3) is 3.77. The first-order valence-corrected chi connectivity index (χ1v) is 6.25. The molecule has 1 heterocycles. The highest BCUT2D eigenvalue weighted by atomic mass is 19.3. The number of para-hydroxylation sites is 1. The third-order valence-electron chi connectivity index (χ3n) is 2.85. The van der Waals surface area contributed by atoms with E-state index in [-0.39, 0.29) is 17.9 Å². The number of hydrogen-bond donors (Lipinski definition) is 0. The van der Waals surface area contributed by atoms with Crippen molar-refractivity contribution >= 4 is 5.91 Å². The summed E-state index contributed by atoms with van der Waals surface area (Å²) in [6, 6.07) is 7.71. The van der Waals surface area contributed by atoms with E-state index < -0.39 is 12.5 Å². The Hall–Kier alpha value is -2.44. The molecule has 0 saturated heterocycles. The lowest BCUT2D eigenvalue weighted by molar-refractivity contribution is -0.0502. The van der Waals surface area contributed by atoms with Gasteiger partial charge in [0, 0.05) is 20.3 Å². The summed E-state index contributed by atoms with van der Waals surface area (Å²) >= 11 is 0. The molecule has 0 unspecified atom stereocenters. The summed E-state index contributed by atoms with van der Waals surface area (Å²) in [5.74, 6) is -0.540. The molecular weight excluding hydrogens is 280 g/mol. The number of alkyl halides is 2. The van der Waals surface area contributed by atoms with Crippen LogP contribution in [-0.2, 0) is 13.6 Å². The molecule has 0 radical (unpaired) electrons. The van der Waals surface area contributed by atoms with E-state index in [4.69, 9.17) is 0 Å².